The van der Waals surface area contributed by atoms with E-state index in [0.29, 0.717) is 6.54 Å². The van der Waals surface area contributed by atoms with Crippen LogP contribution in [0.2, 0.25) is 0 Å². The normalized spacial score (nSPS) is 18.7. The van der Waals surface area contributed by atoms with Gasteiger partial charge in [0, 0.05) is 25.0 Å². The Morgan fingerprint density at radius 2 is 2.22 bits per heavy atom. The minimum absolute atomic E-state index is 0.169. The molecule has 0 radical (unpaired) electrons. The Morgan fingerprint density at radius 1 is 1.33 bits per heavy atom. The maximum Gasteiger partial charge on any atom is 0.123 e. The summed E-state index contributed by atoms with van der Waals surface area (Å²) in [6, 6.07) is 6.92. The van der Waals surface area contributed by atoms with Crippen LogP contribution in [0.1, 0.15) is 35.6 Å². The van der Waals surface area contributed by atoms with Gasteiger partial charge in [0.25, 0.3) is 0 Å². The molecule has 2 N–H and O–H groups in total. The molecule has 3 heteroatoms. The highest BCUT2D eigenvalue weighted by Gasteiger charge is 2.18. The molecule has 0 bridgehead atoms. The Balaban J connectivity index is 1.85. The summed E-state index contributed by atoms with van der Waals surface area (Å²) in [5.74, 6) is -0.180. The average molecular weight is 244 g/mol. The highest BCUT2D eigenvalue weighted by Crippen LogP contribution is 2.28. The maximum atomic E-state index is 13.1. The van der Waals surface area contributed by atoms with Crippen molar-refractivity contribution in [3.8, 4) is 0 Å². The predicted octanol–water partition coefficient (Wildman–Crippen LogP) is 3.01. The number of aromatic nitrogens is 1. The number of rotatable bonds is 2. The van der Waals surface area contributed by atoms with E-state index >= 15 is 0 Å². The Kier molecular flexibility index (Phi) is 2.92. The first-order valence-electron chi connectivity index (χ1n) is 6.41. The van der Waals surface area contributed by atoms with E-state index in [1.54, 1.807) is 12.1 Å². The molecule has 1 aliphatic rings. The first kappa shape index (κ1) is 11.5. The van der Waals surface area contributed by atoms with Crippen LogP contribution in [0.3, 0.4) is 0 Å². The molecule has 2 aromatic rings. The summed E-state index contributed by atoms with van der Waals surface area (Å²) >= 11 is 0. The Labute approximate surface area is 106 Å². The quantitative estimate of drug-likeness (QED) is 0.865. The van der Waals surface area contributed by atoms with Crippen LogP contribution in [0.5, 0.6) is 0 Å². The number of nitrogens with two attached hydrogens (primary N) is 1. The van der Waals surface area contributed by atoms with Crippen LogP contribution in [0.25, 0.3) is 0 Å². The summed E-state index contributed by atoms with van der Waals surface area (Å²) < 4.78 is 15.2. The van der Waals surface area contributed by atoms with Crippen LogP contribution in [0.15, 0.2) is 36.7 Å². The predicted molar refractivity (Wildman–Crippen MR) is 69.8 cm³/mol. The zero-order valence-electron chi connectivity index (χ0n) is 10.3. The fourth-order valence-corrected chi connectivity index (χ4v) is 2.72. The van der Waals surface area contributed by atoms with E-state index in [0.717, 1.165) is 24.8 Å². The molecule has 1 aliphatic carbocycles. The van der Waals surface area contributed by atoms with E-state index in [4.69, 9.17) is 5.73 Å². The highest BCUT2D eigenvalue weighted by atomic mass is 19.1. The Hall–Kier alpha value is -1.61. The van der Waals surface area contributed by atoms with Crippen LogP contribution in [-0.4, -0.2) is 4.57 Å². The van der Waals surface area contributed by atoms with E-state index in [1.165, 1.54) is 17.2 Å². The average Bonchev–Trinajstić information content (AvgIpc) is 2.73. The zero-order chi connectivity index (χ0) is 12.5. The molecule has 0 saturated heterocycles. The van der Waals surface area contributed by atoms with Gasteiger partial charge >= 0.3 is 0 Å². The highest BCUT2D eigenvalue weighted by molar-refractivity contribution is 5.30. The third kappa shape index (κ3) is 2.18. The van der Waals surface area contributed by atoms with Crippen molar-refractivity contribution in [2.24, 2.45) is 5.73 Å². The zero-order valence-corrected chi connectivity index (χ0v) is 10.3. The van der Waals surface area contributed by atoms with Gasteiger partial charge in [-0.3, -0.25) is 0 Å². The first-order chi connectivity index (χ1) is 8.72. The molecule has 0 amide bonds. The third-order valence-electron chi connectivity index (χ3n) is 3.61. The van der Waals surface area contributed by atoms with Gasteiger partial charge in [-0.1, -0.05) is 12.1 Å². The van der Waals surface area contributed by atoms with Gasteiger partial charge in [0.1, 0.15) is 5.82 Å². The molecule has 1 aromatic carbocycles. The minimum Gasteiger partial charge on any atom is -0.349 e. The summed E-state index contributed by atoms with van der Waals surface area (Å²) in [4.78, 5) is 0. The molecule has 1 heterocycles. The molecule has 0 saturated carbocycles. The van der Waals surface area contributed by atoms with E-state index in [1.807, 2.05) is 6.07 Å². The number of nitrogens with zero attached hydrogens (tertiary/aromatic N) is 1. The van der Waals surface area contributed by atoms with Crippen molar-refractivity contribution in [3.05, 3.63) is 59.2 Å². The number of fused-ring (bicyclic) bond motifs is 1. The number of hydrogen-bond acceptors (Lipinski definition) is 1. The summed E-state index contributed by atoms with van der Waals surface area (Å²) in [7, 11) is 0. The Morgan fingerprint density at radius 3 is 3.00 bits per heavy atom. The van der Waals surface area contributed by atoms with Gasteiger partial charge in [0.15, 0.2) is 0 Å². The van der Waals surface area contributed by atoms with Crippen LogP contribution in [-0.2, 0) is 13.0 Å². The lowest BCUT2D eigenvalue weighted by Gasteiger charge is -2.17. The fraction of sp³-hybridized carbons (Fsp3) is 0.333. The fourth-order valence-electron chi connectivity index (χ4n) is 2.72. The first-order valence-corrected chi connectivity index (χ1v) is 6.41. The largest absolute Gasteiger partial charge is 0.349 e. The summed E-state index contributed by atoms with van der Waals surface area (Å²) in [6.45, 7) is 0.706. The van der Waals surface area contributed by atoms with Gasteiger partial charge in [0.2, 0.25) is 0 Å². The van der Waals surface area contributed by atoms with Crippen LogP contribution < -0.4 is 5.73 Å². The van der Waals surface area contributed by atoms with E-state index < -0.39 is 0 Å². The number of benzene rings is 1. The molecule has 1 aromatic heterocycles. The number of aryl methyl sites for hydroxylation is 1. The van der Waals surface area contributed by atoms with Gasteiger partial charge in [-0.15, -0.1) is 0 Å². The monoisotopic (exact) mass is 244 g/mol. The third-order valence-corrected chi connectivity index (χ3v) is 3.61. The topological polar surface area (TPSA) is 30.9 Å². The van der Waals surface area contributed by atoms with Crippen LogP contribution >= 0.6 is 0 Å². The molecule has 94 valence electrons. The summed E-state index contributed by atoms with van der Waals surface area (Å²) in [5.41, 5.74) is 9.70. The minimum atomic E-state index is -0.180. The van der Waals surface area contributed by atoms with Gasteiger partial charge in [-0.25, -0.2) is 4.39 Å². The number of halogens is 1. The molecule has 0 spiro atoms. The van der Waals surface area contributed by atoms with Gasteiger partial charge in [0.05, 0.1) is 0 Å². The lowest BCUT2D eigenvalue weighted by molar-refractivity contribution is 0.573. The maximum absolute atomic E-state index is 13.1. The van der Waals surface area contributed by atoms with Crippen LogP contribution in [0, 0.1) is 5.82 Å². The van der Waals surface area contributed by atoms with Crippen molar-refractivity contribution in [1.29, 1.82) is 0 Å². The van der Waals surface area contributed by atoms with E-state index in [9.17, 15) is 4.39 Å². The molecular formula is C15H17FN2. The second kappa shape index (κ2) is 4.58. The van der Waals surface area contributed by atoms with Crippen molar-refractivity contribution in [3.63, 3.8) is 0 Å². The lowest BCUT2D eigenvalue weighted by Crippen LogP contribution is -2.15. The molecule has 0 fully saturated rings. The molecule has 1 unspecified atom stereocenters. The smallest absolute Gasteiger partial charge is 0.123 e. The van der Waals surface area contributed by atoms with Crippen molar-refractivity contribution in [2.75, 3.05) is 0 Å². The van der Waals surface area contributed by atoms with E-state index in [-0.39, 0.29) is 11.9 Å². The SMILES string of the molecule is NC1CCCc2cn(Cc3cccc(F)c3)cc21. The molecule has 18 heavy (non-hydrogen) atoms. The summed E-state index contributed by atoms with van der Waals surface area (Å²) in [5, 5.41) is 0. The molecule has 3 rings (SSSR count). The van der Waals surface area contributed by atoms with Gasteiger partial charge < -0.3 is 10.3 Å². The van der Waals surface area contributed by atoms with Crippen LogP contribution in [0.4, 0.5) is 4.39 Å². The van der Waals surface area contributed by atoms with Crippen molar-refractivity contribution < 1.29 is 4.39 Å². The van der Waals surface area contributed by atoms with E-state index in [2.05, 4.69) is 17.0 Å². The second-order valence-corrected chi connectivity index (χ2v) is 5.04. The number of hydrogen-bond donors (Lipinski definition) is 1. The van der Waals surface area contributed by atoms with Crippen molar-refractivity contribution >= 4 is 0 Å². The van der Waals surface area contributed by atoms with Crippen molar-refractivity contribution in [2.45, 2.75) is 31.8 Å². The summed E-state index contributed by atoms with van der Waals surface area (Å²) in [6.07, 6.45) is 7.61. The molecule has 1 atom stereocenters. The molecule has 0 aliphatic heterocycles. The van der Waals surface area contributed by atoms with Gasteiger partial charge in [-0.05, 0) is 48.1 Å². The Bertz CT molecular complexity index is 559. The lowest BCUT2D eigenvalue weighted by atomic mass is 9.92. The molecule has 2 nitrogen and oxygen atoms in total. The standard InChI is InChI=1S/C15H17FN2/c16-13-5-1-3-11(7-13)8-18-9-12-4-2-6-15(17)14(12)10-18/h1,3,5,7,9-10,15H,2,4,6,8,17H2. The van der Waals surface area contributed by atoms with Crippen molar-refractivity contribution in [1.82, 2.24) is 4.57 Å². The van der Waals surface area contributed by atoms with Gasteiger partial charge in [-0.2, -0.15) is 0 Å². The molecular weight excluding hydrogens is 227 g/mol. The second-order valence-electron chi connectivity index (χ2n) is 5.04.